The van der Waals surface area contributed by atoms with E-state index in [0.717, 1.165) is 35.0 Å². The van der Waals surface area contributed by atoms with Crippen molar-refractivity contribution in [3.05, 3.63) is 64.3 Å². The van der Waals surface area contributed by atoms with Gasteiger partial charge in [0.2, 0.25) is 6.41 Å². The molecule has 26 heavy (non-hydrogen) atoms. The Balaban J connectivity index is 1.78. The van der Waals surface area contributed by atoms with E-state index < -0.39 is 0 Å². The van der Waals surface area contributed by atoms with Crippen LogP contribution in [0.25, 0.3) is 10.9 Å². The van der Waals surface area contributed by atoms with E-state index in [0.29, 0.717) is 17.3 Å². The molecule has 2 heterocycles. The molecule has 2 aromatic carbocycles. The van der Waals surface area contributed by atoms with Crippen molar-refractivity contribution in [1.82, 2.24) is 9.88 Å². The van der Waals surface area contributed by atoms with Crippen LogP contribution in [0.4, 0.5) is 0 Å². The molecule has 130 valence electrons. The predicted octanol–water partition coefficient (Wildman–Crippen LogP) is 3.83. The molecule has 4 rings (SSSR count). The third-order valence-electron chi connectivity index (χ3n) is 4.76. The number of nitriles is 1. The van der Waals surface area contributed by atoms with E-state index in [1.54, 1.807) is 4.90 Å². The molecular formula is C20H16ClN3O2. The number of nitrogens with one attached hydrogen (secondary N) is 1. The van der Waals surface area contributed by atoms with E-state index in [1.807, 2.05) is 48.5 Å². The molecule has 1 aliphatic rings. The highest BCUT2D eigenvalue weighted by molar-refractivity contribution is 6.31. The molecular weight excluding hydrogens is 350 g/mol. The molecule has 1 unspecified atom stereocenters. The summed E-state index contributed by atoms with van der Waals surface area (Å²) in [6, 6.07) is 15.1. The van der Waals surface area contributed by atoms with E-state index in [2.05, 4.69) is 4.98 Å². The third kappa shape index (κ3) is 2.79. The molecule has 0 saturated carbocycles. The summed E-state index contributed by atoms with van der Waals surface area (Å²) in [5.41, 5.74) is 4.23. The number of ether oxygens (including phenoxy) is 1. The number of nitrogens with zero attached hydrogens (tertiary/aromatic N) is 2. The van der Waals surface area contributed by atoms with Gasteiger partial charge in [0, 0.05) is 28.2 Å². The summed E-state index contributed by atoms with van der Waals surface area (Å²) >= 11 is 6.17. The van der Waals surface area contributed by atoms with Gasteiger partial charge in [0.05, 0.1) is 6.04 Å². The maximum absolute atomic E-state index is 11.7. The summed E-state index contributed by atoms with van der Waals surface area (Å²) in [5, 5.41) is 10.4. The Morgan fingerprint density at radius 2 is 2.12 bits per heavy atom. The van der Waals surface area contributed by atoms with E-state index in [9.17, 15) is 4.79 Å². The van der Waals surface area contributed by atoms with Gasteiger partial charge in [-0.3, -0.25) is 4.79 Å². The van der Waals surface area contributed by atoms with Crippen LogP contribution in [0.1, 0.15) is 22.9 Å². The molecule has 6 heteroatoms. The first-order valence-electron chi connectivity index (χ1n) is 8.32. The summed E-state index contributed by atoms with van der Waals surface area (Å²) in [6.45, 7) is 0.656. The van der Waals surface area contributed by atoms with Crippen LogP contribution in [-0.4, -0.2) is 29.4 Å². The number of H-pyrrole nitrogens is 1. The fourth-order valence-electron chi connectivity index (χ4n) is 3.61. The molecule has 1 aromatic heterocycles. The minimum Gasteiger partial charge on any atom is -0.479 e. The van der Waals surface area contributed by atoms with Gasteiger partial charge in [-0.1, -0.05) is 23.7 Å². The van der Waals surface area contributed by atoms with Crippen LogP contribution < -0.4 is 4.74 Å². The normalized spacial score (nSPS) is 16.2. The van der Waals surface area contributed by atoms with E-state index in [1.165, 1.54) is 5.56 Å². The van der Waals surface area contributed by atoms with Gasteiger partial charge in [-0.15, -0.1) is 0 Å². The highest BCUT2D eigenvalue weighted by Crippen LogP contribution is 2.38. The maximum atomic E-state index is 11.7. The van der Waals surface area contributed by atoms with Gasteiger partial charge in [-0.05, 0) is 47.9 Å². The van der Waals surface area contributed by atoms with Crippen molar-refractivity contribution in [3.63, 3.8) is 0 Å². The lowest BCUT2D eigenvalue weighted by molar-refractivity contribution is -0.120. The van der Waals surface area contributed by atoms with Crippen molar-refractivity contribution in [1.29, 1.82) is 5.26 Å². The quantitative estimate of drug-likeness (QED) is 0.714. The van der Waals surface area contributed by atoms with Crippen LogP contribution >= 0.6 is 11.6 Å². The number of aromatic amines is 1. The van der Waals surface area contributed by atoms with Gasteiger partial charge in [0.25, 0.3) is 0 Å². The van der Waals surface area contributed by atoms with Crippen molar-refractivity contribution in [3.8, 4) is 11.8 Å². The van der Waals surface area contributed by atoms with Gasteiger partial charge in [0.15, 0.2) is 6.61 Å². The lowest BCUT2D eigenvalue weighted by Gasteiger charge is -2.33. The zero-order valence-electron chi connectivity index (χ0n) is 13.9. The minimum atomic E-state index is -0.188. The lowest BCUT2D eigenvalue weighted by atomic mass is 9.93. The fraction of sp³-hybridized carbons (Fsp3) is 0.200. The smallest absolute Gasteiger partial charge is 0.210 e. The highest BCUT2D eigenvalue weighted by Gasteiger charge is 2.30. The SMILES string of the molecule is N#CCOc1ccc(C2c3[nH]c4ccc(Cl)cc4c3CCN2C=O)cc1. The molecule has 0 radical (unpaired) electrons. The fourth-order valence-corrected chi connectivity index (χ4v) is 3.79. The molecule has 3 aromatic rings. The molecule has 0 saturated heterocycles. The second-order valence-electron chi connectivity index (χ2n) is 6.22. The number of hydrogen-bond donors (Lipinski definition) is 1. The second-order valence-corrected chi connectivity index (χ2v) is 6.66. The number of fused-ring (bicyclic) bond motifs is 3. The van der Waals surface area contributed by atoms with Crippen molar-refractivity contribution in [2.75, 3.05) is 13.2 Å². The first-order valence-corrected chi connectivity index (χ1v) is 8.70. The lowest BCUT2D eigenvalue weighted by Crippen LogP contribution is -2.34. The number of amides is 1. The number of aromatic nitrogens is 1. The van der Waals surface area contributed by atoms with Crippen LogP contribution in [0.15, 0.2) is 42.5 Å². The van der Waals surface area contributed by atoms with Gasteiger partial charge < -0.3 is 14.6 Å². The first kappa shape index (κ1) is 16.5. The minimum absolute atomic E-state index is 0.0101. The number of rotatable bonds is 4. The maximum Gasteiger partial charge on any atom is 0.210 e. The Hall–Kier alpha value is -2.97. The van der Waals surface area contributed by atoms with Gasteiger partial charge >= 0.3 is 0 Å². The van der Waals surface area contributed by atoms with Crippen LogP contribution in [0.5, 0.6) is 5.75 Å². The number of carbonyl (C=O) groups excluding carboxylic acids is 1. The van der Waals surface area contributed by atoms with Crippen LogP contribution in [0.2, 0.25) is 5.02 Å². The standard InChI is InChI=1S/C20H16ClN3O2/c21-14-3-6-18-17(11-14)16-7-9-24(12-25)20(19(16)23-18)13-1-4-15(5-2-13)26-10-8-22/h1-6,11-12,20,23H,7,9-10H2. The summed E-state index contributed by atoms with van der Waals surface area (Å²) in [7, 11) is 0. The first-order chi connectivity index (χ1) is 12.7. The van der Waals surface area contributed by atoms with Crippen molar-refractivity contribution in [2.24, 2.45) is 0 Å². The monoisotopic (exact) mass is 365 g/mol. The Labute approximate surface area is 155 Å². The summed E-state index contributed by atoms with van der Waals surface area (Å²) < 4.78 is 5.31. The van der Waals surface area contributed by atoms with Crippen LogP contribution in [-0.2, 0) is 11.2 Å². The molecule has 1 aliphatic heterocycles. The molecule has 0 spiro atoms. The summed E-state index contributed by atoms with van der Waals surface area (Å²) in [5.74, 6) is 0.632. The largest absolute Gasteiger partial charge is 0.479 e. The Bertz CT molecular complexity index is 1000. The van der Waals surface area contributed by atoms with Gasteiger partial charge in [-0.25, -0.2) is 0 Å². The third-order valence-corrected chi connectivity index (χ3v) is 5.00. The zero-order chi connectivity index (χ0) is 18.1. The van der Waals surface area contributed by atoms with Crippen molar-refractivity contribution in [2.45, 2.75) is 12.5 Å². The number of halogens is 1. The second kappa shape index (κ2) is 6.74. The molecule has 5 nitrogen and oxygen atoms in total. The van der Waals surface area contributed by atoms with E-state index in [4.69, 9.17) is 21.6 Å². The predicted molar refractivity (Wildman–Crippen MR) is 99.2 cm³/mol. The molecule has 1 amide bonds. The molecule has 1 N–H and O–H groups in total. The zero-order valence-corrected chi connectivity index (χ0v) is 14.7. The highest BCUT2D eigenvalue weighted by atomic mass is 35.5. The Morgan fingerprint density at radius 1 is 1.31 bits per heavy atom. The van der Waals surface area contributed by atoms with Crippen LogP contribution in [0, 0.1) is 11.3 Å². The molecule has 1 atom stereocenters. The van der Waals surface area contributed by atoms with Crippen molar-refractivity contribution >= 4 is 28.9 Å². The Morgan fingerprint density at radius 3 is 2.85 bits per heavy atom. The van der Waals surface area contributed by atoms with E-state index >= 15 is 0 Å². The Kier molecular flexibility index (Phi) is 4.27. The number of carbonyl (C=O) groups is 1. The van der Waals surface area contributed by atoms with Crippen LogP contribution in [0.3, 0.4) is 0 Å². The number of benzene rings is 2. The molecule has 0 fully saturated rings. The number of hydrogen-bond acceptors (Lipinski definition) is 3. The van der Waals surface area contributed by atoms with E-state index in [-0.39, 0.29) is 12.6 Å². The topological polar surface area (TPSA) is 69.1 Å². The van der Waals surface area contributed by atoms with Gasteiger partial charge in [0.1, 0.15) is 11.8 Å². The van der Waals surface area contributed by atoms with Crippen molar-refractivity contribution < 1.29 is 9.53 Å². The summed E-state index contributed by atoms with van der Waals surface area (Å²) in [4.78, 5) is 16.9. The average Bonchev–Trinajstić information content (AvgIpc) is 3.04. The molecule has 0 bridgehead atoms. The van der Waals surface area contributed by atoms with Gasteiger partial charge in [-0.2, -0.15) is 5.26 Å². The average molecular weight is 366 g/mol. The molecule has 0 aliphatic carbocycles. The summed E-state index contributed by atoms with van der Waals surface area (Å²) in [6.07, 6.45) is 1.68.